The highest BCUT2D eigenvalue weighted by Gasteiger charge is 2.23. The molecule has 1 aliphatic rings. The number of nitrogens with one attached hydrogen (secondary N) is 1. The smallest absolute Gasteiger partial charge is 0.323 e. The van der Waals surface area contributed by atoms with Crippen molar-refractivity contribution in [3.05, 3.63) is 95.9 Å². The van der Waals surface area contributed by atoms with Gasteiger partial charge in [-0.05, 0) is 67.3 Å². The molecule has 0 radical (unpaired) electrons. The van der Waals surface area contributed by atoms with E-state index >= 15 is 0 Å². The van der Waals surface area contributed by atoms with Crippen LogP contribution < -0.4 is 10.1 Å². The van der Waals surface area contributed by atoms with E-state index in [9.17, 15) is 4.79 Å². The molecule has 0 amide bonds. The number of rotatable bonds is 8. The SMILES string of the molecule is Cc1oc(-c2ccc(-c3ccccc3)cc2)nc1COc1cccc(COC(=O)C2CCCN2)c1. The topological polar surface area (TPSA) is 73.6 Å². The lowest BCUT2D eigenvalue weighted by molar-refractivity contribution is -0.147. The van der Waals surface area contributed by atoms with Crippen LogP contribution in [0.2, 0.25) is 0 Å². The average Bonchev–Trinajstić information content (AvgIpc) is 3.57. The predicted molar refractivity (Wildman–Crippen MR) is 134 cm³/mol. The molecule has 1 N–H and O–H groups in total. The number of aromatic nitrogens is 1. The zero-order chi connectivity index (χ0) is 24.0. The summed E-state index contributed by atoms with van der Waals surface area (Å²) in [5.41, 5.74) is 4.86. The first-order valence-corrected chi connectivity index (χ1v) is 11.9. The van der Waals surface area contributed by atoms with Crippen molar-refractivity contribution in [1.29, 1.82) is 0 Å². The van der Waals surface area contributed by atoms with E-state index in [4.69, 9.17) is 13.9 Å². The Hall–Kier alpha value is -3.90. The van der Waals surface area contributed by atoms with E-state index in [-0.39, 0.29) is 25.2 Å². The van der Waals surface area contributed by atoms with Gasteiger partial charge in [-0.25, -0.2) is 4.98 Å². The van der Waals surface area contributed by atoms with Gasteiger partial charge in [0.1, 0.15) is 36.5 Å². The number of hydrogen-bond donors (Lipinski definition) is 1. The summed E-state index contributed by atoms with van der Waals surface area (Å²) >= 11 is 0. The summed E-state index contributed by atoms with van der Waals surface area (Å²) in [6.45, 7) is 3.26. The van der Waals surface area contributed by atoms with E-state index in [0.29, 0.717) is 11.6 Å². The van der Waals surface area contributed by atoms with E-state index in [1.165, 1.54) is 5.56 Å². The first-order valence-electron chi connectivity index (χ1n) is 11.9. The van der Waals surface area contributed by atoms with Crippen molar-refractivity contribution in [3.8, 4) is 28.3 Å². The van der Waals surface area contributed by atoms with Crippen LogP contribution >= 0.6 is 0 Å². The van der Waals surface area contributed by atoms with Crippen LogP contribution in [0.3, 0.4) is 0 Å². The van der Waals surface area contributed by atoms with Crippen LogP contribution in [0.5, 0.6) is 5.75 Å². The number of esters is 1. The van der Waals surface area contributed by atoms with Crippen molar-refractivity contribution < 1.29 is 18.7 Å². The van der Waals surface area contributed by atoms with Crippen LogP contribution in [-0.4, -0.2) is 23.5 Å². The molecule has 1 saturated heterocycles. The van der Waals surface area contributed by atoms with Gasteiger partial charge in [0.2, 0.25) is 5.89 Å². The summed E-state index contributed by atoms with van der Waals surface area (Å²) in [4.78, 5) is 16.8. The zero-order valence-corrected chi connectivity index (χ0v) is 19.7. The first-order chi connectivity index (χ1) is 17.2. The fourth-order valence-electron chi connectivity index (χ4n) is 4.14. The van der Waals surface area contributed by atoms with Gasteiger partial charge in [0.05, 0.1) is 0 Å². The van der Waals surface area contributed by atoms with Gasteiger partial charge in [-0.15, -0.1) is 0 Å². The highest BCUT2D eigenvalue weighted by atomic mass is 16.5. The molecule has 5 rings (SSSR count). The Morgan fingerprint density at radius 1 is 0.971 bits per heavy atom. The molecule has 0 bridgehead atoms. The van der Waals surface area contributed by atoms with E-state index in [1.54, 1.807) is 0 Å². The molecule has 0 saturated carbocycles. The molecule has 1 aromatic heterocycles. The Kier molecular flexibility index (Phi) is 6.91. The van der Waals surface area contributed by atoms with Gasteiger partial charge in [-0.1, -0.05) is 54.6 Å². The first kappa shape index (κ1) is 22.9. The Morgan fingerprint density at radius 3 is 2.51 bits per heavy atom. The van der Waals surface area contributed by atoms with Crippen molar-refractivity contribution in [1.82, 2.24) is 10.3 Å². The molecule has 6 nitrogen and oxygen atoms in total. The fourth-order valence-corrected chi connectivity index (χ4v) is 4.14. The minimum atomic E-state index is -0.198. The Morgan fingerprint density at radius 2 is 1.74 bits per heavy atom. The molecule has 2 heterocycles. The van der Waals surface area contributed by atoms with Crippen molar-refractivity contribution in [2.45, 2.75) is 39.0 Å². The number of benzene rings is 3. The van der Waals surface area contributed by atoms with E-state index in [0.717, 1.165) is 47.5 Å². The molecular formula is C29H28N2O4. The molecular weight excluding hydrogens is 440 g/mol. The summed E-state index contributed by atoms with van der Waals surface area (Å²) in [5.74, 6) is 1.79. The van der Waals surface area contributed by atoms with Crippen LogP contribution in [-0.2, 0) is 22.7 Å². The quantitative estimate of drug-likeness (QED) is 0.335. The number of aryl methyl sites for hydroxylation is 1. The van der Waals surface area contributed by atoms with Gasteiger partial charge in [0.25, 0.3) is 0 Å². The van der Waals surface area contributed by atoms with Gasteiger partial charge >= 0.3 is 5.97 Å². The van der Waals surface area contributed by atoms with Crippen LogP contribution in [0.25, 0.3) is 22.6 Å². The molecule has 0 spiro atoms. The lowest BCUT2D eigenvalue weighted by Crippen LogP contribution is -2.32. The van der Waals surface area contributed by atoms with Gasteiger partial charge in [-0.3, -0.25) is 4.79 Å². The Labute approximate surface area is 204 Å². The van der Waals surface area contributed by atoms with Crippen molar-refractivity contribution in [2.75, 3.05) is 6.54 Å². The number of carbonyl (C=O) groups is 1. The molecule has 35 heavy (non-hydrogen) atoms. The number of ether oxygens (including phenoxy) is 2. The molecule has 1 atom stereocenters. The van der Waals surface area contributed by atoms with Gasteiger partial charge < -0.3 is 19.2 Å². The van der Waals surface area contributed by atoms with Crippen LogP contribution in [0.1, 0.15) is 29.9 Å². The van der Waals surface area contributed by atoms with Crippen LogP contribution in [0.15, 0.2) is 83.3 Å². The van der Waals surface area contributed by atoms with Gasteiger partial charge in [0, 0.05) is 5.56 Å². The summed E-state index contributed by atoms with van der Waals surface area (Å²) in [6, 6.07) is 25.8. The maximum Gasteiger partial charge on any atom is 0.323 e. The molecule has 3 aromatic carbocycles. The zero-order valence-electron chi connectivity index (χ0n) is 19.7. The highest BCUT2D eigenvalue weighted by Crippen LogP contribution is 2.26. The molecule has 1 fully saturated rings. The largest absolute Gasteiger partial charge is 0.487 e. The lowest BCUT2D eigenvalue weighted by atomic mass is 10.0. The molecule has 0 aliphatic carbocycles. The summed E-state index contributed by atoms with van der Waals surface area (Å²) < 4.78 is 17.3. The second kappa shape index (κ2) is 10.6. The Balaban J connectivity index is 1.20. The molecule has 6 heteroatoms. The second-order valence-corrected chi connectivity index (χ2v) is 8.66. The lowest BCUT2D eigenvalue weighted by Gasteiger charge is -2.11. The third kappa shape index (κ3) is 5.61. The number of hydrogen-bond acceptors (Lipinski definition) is 6. The van der Waals surface area contributed by atoms with Gasteiger partial charge in [-0.2, -0.15) is 0 Å². The summed E-state index contributed by atoms with van der Waals surface area (Å²) in [5, 5.41) is 3.16. The maximum atomic E-state index is 12.1. The van der Waals surface area contributed by atoms with Crippen molar-refractivity contribution in [3.63, 3.8) is 0 Å². The minimum absolute atomic E-state index is 0.187. The second-order valence-electron chi connectivity index (χ2n) is 8.66. The van der Waals surface area contributed by atoms with E-state index < -0.39 is 0 Å². The summed E-state index contributed by atoms with van der Waals surface area (Å²) in [7, 11) is 0. The van der Waals surface area contributed by atoms with Crippen LogP contribution in [0, 0.1) is 6.92 Å². The summed E-state index contributed by atoms with van der Waals surface area (Å²) in [6.07, 6.45) is 1.84. The average molecular weight is 469 g/mol. The maximum absolute atomic E-state index is 12.1. The standard InChI is InChI=1S/C29H28N2O4/c1-20-27(31-28(35-20)24-14-12-23(13-15-24)22-8-3-2-4-9-22)19-33-25-10-5-7-21(17-25)18-34-29(32)26-11-6-16-30-26/h2-5,7-10,12-15,17,26,30H,6,11,16,18-19H2,1H3. The number of carbonyl (C=O) groups excluding carboxylic acids is 1. The number of nitrogens with zero attached hydrogens (tertiary/aromatic N) is 1. The monoisotopic (exact) mass is 468 g/mol. The Bertz CT molecular complexity index is 1280. The third-order valence-electron chi connectivity index (χ3n) is 6.13. The molecule has 1 unspecified atom stereocenters. The molecule has 178 valence electrons. The van der Waals surface area contributed by atoms with Crippen molar-refractivity contribution in [2.24, 2.45) is 0 Å². The minimum Gasteiger partial charge on any atom is -0.487 e. The van der Waals surface area contributed by atoms with Gasteiger partial charge in [0.15, 0.2) is 0 Å². The normalized spacial score (nSPS) is 15.2. The predicted octanol–water partition coefficient (Wildman–Crippen LogP) is 5.69. The molecule has 1 aliphatic heterocycles. The highest BCUT2D eigenvalue weighted by molar-refractivity contribution is 5.76. The van der Waals surface area contributed by atoms with Crippen LogP contribution in [0.4, 0.5) is 0 Å². The molecule has 4 aromatic rings. The fraction of sp³-hybridized carbons (Fsp3) is 0.241. The van der Waals surface area contributed by atoms with Crippen molar-refractivity contribution >= 4 is 5.97 Å². The number of oxazole rings is 1. The van der Waals surface area contributed by atoms with E-state index in [1.807, 2.05) is 61.5 Å². The third-order valence-corrected chi connectivity index (χ3v) is 6.13. The van der Waals surface area contributed by atoms with E-state index in [2.05, 4.69) is 34.6 Å².